The second kappa shape index (κ2) is 13.2. The molecule has 0 saturated heterocycles. The van der Waals surface area contributed by atoms with E-state index in [1.54, 1.807) is 0 Å². The number of nitrogens with one attached hydrogen (secondary N) is 2. The minimum Gasteiger partial charge on any atom is -0.445 e. The van der Waals surface area contributed by atoms with Gasteiger partial charge in [-0.1, -0.05) is 25.3 Å². The van der Waals surface area contributed by atoms with E-state index in [0.717, 1.165) is 0 Å². The van der Waals surface area contributed by atoms with Crippen molar-refractivity contribution < 1.29 is 24.2 Å². The molecular weight excluding hydrogens is 296 g/mol. The van der Waals surface area contributed by atoms with E-state index in [2.05, 4.69) is 23.8 Å². The highest BCUT2D eigenvalue weighted by atomic mass is 32.1. The minimum absolute atomic E-state index is 0.146. The van der Waals surface area contributed by atoms with E-state index in [1.165, 1.54) is 12.2 Å². The summed E-state index contributed by atoms with van der Waals surface area (Å²) in [5, 5.41) is 14.8. The average Bonchev–Trinajstić information content (AvgIpc) is 2.47. The second-order valence-electron chi connectivity index (χ2n) is 3.68. The molecule has 0 spiro atoms. The van der Waals surface area contributed by atoms with Crippen LogP contribution in [0.3, 0.4) is 0 Å². The van der Waals surface area contributed by atoms with Gasteiger partial charge in [0, 0.05) is 25.3 Å². The number of hydrogen-bond acceptors (Lipinski definition) is 4. The normalized spacial score (nSPS) is 10.8. The van der Waals surface area contributed by atoms with Crippen molar-refractivity contribution in [2.24, 2.45) is 0 Å². The van der Waals surface area contributed by atoms with Crippen LogP contribution in [0.1, 0.15) is 6.42 Å². The number of rotatable bonds is 10. The molecule has 21 heavy (non-hydrogen) atoms. The molecule has 2 amide bonds. The lowest BCUT2D eigenvalue weighted by Gasteiger charge is -2.06. The maximum atomic E-state index is 11.1. The third-order valence-electron chi connectivity index (χ3n) is 1.96. The van der Waals surface area contributed by atoms with E-state index in [4.69, 9.17) is 9.47 Å². The van der Waals surface area contributed by atoms with Crippen LogP contribution in [-0.2, 0) is 9.47 Å². The highest BCUT2D eigenvalue weighted by Crippen LogP contribution is 1.93. The predicted molar refractivity (Wildman–Crippen MR) is 85.2 cm³/mol. The molecule has 0 atom stereocenters. The van der Waals surface area contributed by atoms with Gasteiger partial charge in [0.1, 0.15) is 13.2 Å². The topological polar surface area (TPSA) is 96.9 Å². The van der Waals surface area contributed by atoms with Crippen molar-refractivity contribution in [2.45, 2.75) is 6.42 Å². The van der Waals surface area contributed by atoms with E-state index in [1.807, 2.05) is 0 Å². The lowest BCUT2D eigenvalue weighted by molar-refractivity contribution is 0.158. The zero-order valence-electron chi connectivity index (χ0n) is 11.8. The fraction of sp³-hybridized carbons (Fsp3) is 0.462. The third kappa shape index (κ3) is 13.0. The molecule has 0 aromatic rings. The summed E-state index contributed by atoms with van der Waals surface area (Å²) in [4.78, 5) is 22.1. The SMILES string of the molecule is C=CCOC(=O)NCC[SH]=C(O)CCNC(=O)OCC=C. The van der Waals surface area contributed by atoms with Crippen LogP contribution in [0, 0.1) is 0 Å². The molecule has 0 aliphatic heterocycles. The lowest BCUT2D eigenvalue weighted by Crippen LogP contribution is -2.27. The first-order chi connectivity index (χ1) is 10.1. The maximum absolute atomic E-state index is 11.1. The van der Waals surface area contributed by atoms with Gasteiger partial charge in [-0.05, 0) is 0 Å². The number of aliphatic hydroxyl groups is 1. The van der Waals surface area contributed by atoms with Gasteiger partial charge in [0.05, 0.1) is 5.05 Å². The number of alkyl carbamates (subject to hydrolysis) is 2. The van der Waals surface area contributed by atoms with Gasteiger partial charge >= 0.3 is 12.2 Å². The van der Waals surface area contributed by atoms with E-state index in [9.17, 15) is 14.7 Å². The summed E-state index contributed by atoms with van der Waals surface area (Å²) in [5.41, 5.74) is 0. The Morgan fingerprint density at radius 1 is 1.05 bits per heavy atom. The molecule has 0 heterocycles. The Kier molecular flexibility index (Phi) is 12.1. The van der Waals surface area contributed by atoms with Crippen molar-refractivity contribution in [1.82, 2.24) is 10.6 Å². The molecule has 0 aromatic heterocycles. The summed E-state index contributed by atoms with van der Waals surface area (Å²) < 4.78 is 9.41. The molecule has 0 aromatic carbocycles. The number of amides is 2. The van der Waals surface area contributed by atoms with Crippen LogP contribution in [0.5, 0.6) is 0 Å². The predicted octanol–water partition coefficient (Wildman–Crippen LogP) is 1.35. The molecule has 0 fully saturated rings. The number of ether oxygens (including phenoxy) is 2. The van der Waals surface area contributed by atoms with Crippen LogP contribution < -0.4 is 10.6 Å². The quantitative estimate of drug-likeness (QED) is 0.211. The Bertz CT molecular complexity index is 385. The zero-order valence-corrected chi connectivity index (χ0v) is 12.7. The summed E-state index contributed by atoms with van der Waals surface area (Å²) in [6.07, 6.45) is 2.20. The number of carbonyl (C=O) groups is 2. The van der Waals surface area contributed by atoms with Crippen molar-refractivity contribution >= 4 is 28.6 Å². The van der Waals surface area contributed by atoms with Crippen LogP contribution >= 0.6 is 11.4 Å². The van der Waals surface area contributed by atoms with E-state index >= 15 is 0 Å². The van der Waals surface area contributed by atoms with E-state index < -0.39 is 12.2 Å². The van der Waals surface area contributed by atoms with Gasteiger partial charge < -0.3 is 25.2 Å². The van der Waals surface area contributed by atoms with Gasteiger partial charge in [0.15, 0.2) is 0 Å². The molecule has 0 radical (unpaired) electrons. The molecule has 0 bridgehead atoms. The molecule has 8 heteroatoms. The Hall–Kier alpha value is -1.80. The summed E-state index contributed by atoms with van der Waals surface area (Å²) in [6, 6.07) is 0. The van der Waals surface area contributed by atoms with Crippen molar-refractivity contribution in [3.63, 3.8) is 0 Å². The number of carbonyl (C=O) groups excluding carboxylic acids is 2. The third-order valence-corrected chi connectivity index (χ3v) is 2.99. The Balaban J connectivity index is 3.64. The zero-order chi connectivity index (χ0) is 15.9. The first-order valence-corrected chi connectivity index (χ1v) is 7.43. The Labute approximate surface area is 128 Å². The fourth-order valence-electron chi connectivity index (χ4n) is 1.07. The van der Waals surface area contributed by atoms with Gasteiger partial charge in [-0.3, -0.25) is 0 Å². The fourth-order valence-corrected chi connectivity index (χ4v) is 1.82. The van der Waals surface area contributed by atoms with Crippen LogP contribution in [-0.4, -0.2) is 54.4 Å². The number of aliphatic hydroxyl groups excluding tert-OH is 1. The largest absolute Gasteiger partial charge is 0.445 e. The van der Waals surface area contributed by atoms with Crippen molar-refractivity contribution in [2.75, 3.05) is 32.1 Å². The van der Waals surface area contributed by atoms with E-state index in [0.29, 0.717) is 30.1 Å². The van der Waals surface area contributed by atoms with Gasteiger partial charge in [-0.25, -0.2) is 9.59 Å². The standard InChI is InChI=1S/C13H22N2O5S/c1-3-8-19-12(17)14-6-5-11(16)21-10-7-15-13(18)20-9-4-2/h3-4,16,21H,1-2,5-10H2,(H,14,17)(H,15,18). The summed E-state index contributed by atoms with van der Waals surface area (Å²) in [5.74, 6) is 0.552. The van der Waals surface area contributed by atoms with Gasteiger partial charge in [0.2, 0.25) is 0 Å². The monoisotopic (exact) mass is 318 g/mol. The van der Waals surface area contributed by atoms with Crippen molar-refractivity contribution in [3.8, 4) is 0 Å². The summed E-state index contributed by atoms with van der Waals surface area (Å²) in [6.45, 7) is 7.82. The second-order valence-corrected chi connectivity index (χ2v) is 4.96. The highest BCUT2D eigenvalue weighted by molar-refractivity contribution is 7.98. The highest BCUT2D eigenvalue weighted by Gasteiger charge is 2.01. The van der Waals surface area contributed by atoms with Crippen molar-refractivity contribution in [3.05, 3.63) is 25.3 Å². The summed E-state index contributed by atoms with van der Waals surface area (Å²) in [7, 11) is 0. The van der Waals surface area contributed by atoms with Gasteiger partial charge in [-0.15, -0.1) is 0 Å². The molecule has 120 valence electrons. The number of thiol groups is 1. The van der Waals surface area contributed by atoms with Crippen LogP contribution in [0.2, 0.25) is 0 Å². The molecule has 0 aliphatic rings. The average molecular weight is 318 g/mol. The molecule has 0 unspecified atom stereocenters. The molecule has 3 N–H and O–H groups in total. The van der Waals surface area contributed by atoms with E-state index in [-0.39, 0.29) is 24.8 Å². The van der Waals surface area contributed by atoms with Crippen LogP contribution in [0.25, 0.3) is 0 Å². The smallest absolute Gasteiger partial charge is 0.407 e. The van der Waals surface area contributed by atoms with Gasteiger partial charge in [0.25, 0.3) is 0 Å². The Morgan fingerprint density at radius 2 is 1.57 bits per heavy atom. The molecule has 0 rings (SSSR count). The minimum atomic E-state index is -0.550. The number of hydrogen-bond donors (Lipinski definition) is 4. The Morgan fingerprint density at radius 3 is 2.10 bits per heavy atom. The van der Waals surface area contributed by atoms with Crippen LogP contribution in [0.15, 0.2) is 25.3 Å². The van der Waals surface area contributed by atoms with Crippen LogP contribution in [0.4, 0.5) is 9.59 Å². The first kappa shape index (κ1) is 19.2. The first-order valence-electron chi connectivity index (χ1n) is 6.35. The lowest BCUT2D eigenvalue weighted by atomic mass is 10.4. The molecule has 0 saturated carbocycles. The molecule has 7 nitrogen and oxygen atoms in total. The molecule has 0 aliphatic carbocycles. The maximum Gasteiger partial charge on any atom is 0.407 e. The summed E-state index contributed by atoms with van der Waals surface area (Å²) >= 11 is 0.686. The van der Waals surface area contributed by atoms with Crippen molar-refractivity contribution in [1.29, 1.82) is 0 Å². The van der Waals surface area contributed by atoms with Gasteiger partial charge in [-0.2, -0.15) is 11.4 Å². The molecular formula is C13H22N2O5S.